The fraction of sp³-hybridized carbons (Fsp3) is 0.0769. The van der Waals surface area contributed by atoms with Gasteiger partial charge in [-0.1, -0.05) is 42.5 Å². The van der Waals surface area contributed by atoms with E-state index in [1.807, 2.05) is 18.2 Å². The number of para-hydroxylation sites is 1. The Bertz CT molecular complexity index is 1360. The smallest absolute Gasteiger partial charge is 0.203 e. The van der Waals surface area contributed by atoms with E-state index in [-0.39, 0.29) is 23.3 Å². The molecule has 4 aromatic rings. The van der Waals surface area contributed by atoms with Crippen LogP contribution in [-0.2, 0) is 10.8 Å². The van der Waals surface area contributed by atoms with Crippen LogP contribution in [0.1, 0.15) is 32.8 Å². The molecule has 2 aliphatic heterocycles. The molecule has 1 unspecified atom stereocenters. The highest BCUT2D eigenvalue weighted by Gasteiger charge is 2.55. The molecule has 0 spiro atoms. The van der Waals surface area contributed by atoms with Crippen molar-refractivity contribution in [1.29, 1.82) is 0 Å². The third kappa shape index (κ3) is 2.69. The number of rotatable bonds is 3. The van der Waals surface area contributed by atoms with Crippen molar-refractivity contribution in [3.63, 3.8) is 0 Å². The van der Waals surface area contributed by atoms with Crippen LogP contribution in [0.5, 0.6) is 23.3 Å². The van der Waals surface area contributed by atoms with Crippen molar-refractivity contribution in [3.8, 4) is 28.9 Å². The lowest BCUT2D eigenvalue weighted by Crippen LogP contribution is -2.02. The Morgan fingerprint density at radius 3 is 1.45 bits per heavy atom. The van der Waals surface area contributed by atoms with Crippen LogP contribution in [-0.4, -0.2) is 29.2 Å². The van der Waals surface area contributed by atoms with E-state index in [4.69, 9.17) is 0 Å². The summed E-state index contributed by atoms with van der Waals surface area (Å²) >= 11 is 0. The fourth-order valence-electron chi connectivity index (χ4n) is 4.99. The molecule has 4 N–H and O–H groups in total. The molecule has 0 saturated carbocycles. The van der Waals surface area contributed by atoms with E-state index in [1.54, 1.807) is 60.7 Å². The van der Waals surface area contributed by atoms with E-state index in [9.17, 15) is 24.6 Å². The molecule has 0 fully saturated rings. The molecule has 1 aromatic heterocycles. The van der Waals surface area contributed by atoms with Gasteiger partial charge < -0.3 is 20.4 Å². The van der Waals surface area contributed by atoms with Crippen molar-refractivity contribution in [2.75, 3.05) is 0 Å². The molecule has 2 bridgehead atoms. The lowest BCUT2D eigenvalue weighted by atomic mass is 9.81. The van der Waals surface area contributed by atoms with E-state index < -0.39 is 21.3 Å². The Kier molecular flexibility index (Phi) is 4.19. The topological polar surface area (TPSA) is 103 Å². The van der Waals surface area contributed by atoms with Crippen LogP contribution < -0.4 is 0 Å². The lowest BCUT2D eigenvalue weighted by molar-refractivity contribution is 0.399. The summed E-state index contributed by atoms with van der Waals surface area (Å²) in [4.78, 5) is 0. The zero-order chi connectivity index (χ0) is 22.9. The van der Waals surface area contributed by atoms with Crippen molar-refractivity contribution >= 4 is 21.9 Å². The summed E-state index contributed by atoms with van der Waals surface area (Å²) in [6, 6.07) is 22.3. The van der Waals surface area contributed by atoms with E-state index in [1.165, 1.54) is 4.57 Å². The fourth-order valence-corrected chi connectivity index (χ4v) is 7.18. The van der Waals surface area contributed by atoms with Crippen LogP contribution in [0, 0.1) is 0 Å². The maximum atomic E-state index is 13.7. The molecule has 3 atom stereocenters. The Labute approximate surface area is 191 Å². The molecule has 0 aliphatic carbocycles. The average molecular weight is 458 g/mol. The number of aromatic hydroxyl groups is 4. The highest BCUT2D eigenvalue weighted by molar-refractivity contribution is 7.87. The largest absolute Gasteiger partial charge is 0.508 e. The maximum Gasteiger partial charge on any atom is 0.203 e. The van der Waals surface area contributed by atoms with E-state index in [0.29, 0.717) is 16.8 Å². The van der Waals surface area contributed by atoms with Crippen LogP contribution in [0.2, 0.25) is 0 Å². The van der Waals surface area contributed by atoms with Gasteiger partial charge in [0, 0.05) is 21.9 Å². The predicted octanol–water partition coefficient (Wildman–Crippen LogP) is 4.77. The molecule has 3 aromatic carbocycles. The van der Waals surface area contributed by atoms with E-state index in [0.717, 1.165) is 22.3 Å². The van der Waals surface area contributed by atoms with Gasteiger partial charge in [0.2, 0.25) is 11.8 Å². The minimum atomic E-state index is -1.46. The summed E-state index contributed by atoms with van der Waals surface area (Å²) < 4.78 is 15.1. The summed E-state index contributed by atoms with van der Waals surface area (Å²) in [7, 11) is -1.46. The van der Waals surface area contributed by atoms with Crippen LogP contribution in [0.15, 0.2) is 78.9 Å². The zero-order valence-electron chi connectivity index (χ0n) is 17.2. The van der Waals surface area contributed by atoms with Crippen LogP contribution >= 0.6 is 0 Å². The molecule has 2 aliphatic rings. The molecule has 3 heterocycles. The van der Waals surface area contributed by atoms with E-state index in [2.05, 4.69) is 0 Å². The molecule has 0 amide bonds. The molecular weight excluding hydrogens is 438 g/mol. The van der Waals surface area contributed by atoms with Gasteiger partial charge >= 0.3 is 0 Å². The highest BCUT2D eigenvalue weighted by atomic mass is 32.2. The molecule has 0 radical (unpaired) electrons. The Morgan fingerprint density at radius 1 is 0.606 bits per heavy atom. The van der Waals surface area contributed by atoms with Crippen LogP contribution in [0.3, 0.4) is 0 Å². The number of phenolic OH excluding ortho intramolecular Hbond substituents is 2. The van der Waals surface area contributed by atoms with Crippen LogP contribution in [0.25, 0.3) is 16.8 Å². The Hall–Kier alpha value is -3.97. The van der Waals surface area contributed by atoms with Gasteiger partial charge in [0.1, 0.15) is 11.5 Å². The van der Waals surface area contributed by atoms with E-state index >= 15 is 0 Å². The first-order valence-electron chi connectivity index (χ1n) is 10.4. The molecule has 0 saturated heterocycles. The van der Waals surface area contributed by atoms with Gasteiger partial charge in [0.05, 0.1) is 16.2 Å². The first kappa shape index (κ1) is 19.7. The zero-order valence-corrected chi connectivity index (χ0v) is 18.0. The van der Waals surface area contributed by atoms with Gasteiger partial charge in [0.25, 0.3) is 0 Å². The van der Waals surface area contributed by atoms with Crippen molar-refractivity contribution in [1.82, 2.24) is 4.57 Å². The summed E-state index contributed by atoms with van der Waals surface area (Å²) in [5.74, 6) is -0.0244. The molecule has 164 valence electrons. The van der Waals surface area contributed by atoms with Gasteiger partial charge in [-0.05, 0) is 58.7 Å². The van der Waals surface area contributed by atoms with Gasteiger partial charge in [-0.25, -0.2) is 0 Å². The monoisotopic (exact) mass is 457 g/mol. The summed E-state index contributed by atoms with van der Waals surface area (Å²) in [5, 5.41) is 40.7. The quantitative estimate of drug-likeness (QED) is 0.355. The standard InChI is InChI=1S/C26H19NO5S/c28-17-10-6-14(7-11-17)19-20(15-8-12-18(29)13-9-15)24-22-21(23(19)33(24)32)25(30)27(26(22)31)16-4-2-1-3-5-16/h1-13,23-24,28-31H/t23-,24+,33?. The number of phenols is 2. The normalized spacial score (nSPS) is 20.9. The predicted molar refractivity (Wildman–Crippen MR) is 126 cm³/mol. The number of hydrogen-bond donors (Lipinski definition) is 4. The number of aromatic nitrogens is 1. The summed E-state index contributed by atoms with van der Waals surface area (Å²) in [5.41, 5.74) is 4.62. The third-order valence-electron chi connectivity index (χ3n) is 6.37. The lowest BCUT2D eigenvalue weighted by Gasteiger charge is -2.19. The van der Waals surface area contributed by atoms with Gasteiger partial charge in [-0.15, -0.1) is 0 Å². The molecule has 7 heteroatoms. The van der Waals surface area contributed by atoms with Gasteiger partial charge in [-0.3, -0.25) is 8.78 Å². The average Bonchev–Trinajstić information content (AvgIpc) is 3.38. The number of hydrogen-bond acceptors (Lipinski definition) is 5. The first-order valence-corrected chi connectivity index (χ1v) is 11.7. The number of nitrogens with zero attached hydrogens (tertiary/aromatic N) is 1. The second-order valence-corrected chi connectivity index (χ2v) is 9.76. The second-order valence-electron chi connectivity index (χ2n) is 8.16. The molecule has 33 heavy (non-hydrogen) atoms. The molecular formula is C26H19NO5S. The highest BCUT2D eigenvalue weighted by Crippen LogP contribution is 2.67. The van der Waals surface area contributed by atoms with Gasteiger partial charge in [-0.2, -0.15) is 0 Å². The maximum absolute atomic E-state index is 13.7. The summed E-state index contributed by atoms with van der Waals surface area (Å²) in [6.45, 7) is 0. The second kappa shape index (κ2) is 7.02. The SMILES string of the molecule is O=S1[C@@H]2C(c3ccc(O)cc3)=C(c3ccc(O)cc3)[C@H]1c1c2c(O)n(-c2ccccc2)c1O. The van der Waals surface area contributed by atoms with Crippen molar-refractivity contribution in [2.45, 2.75) is 10.5 Å². The minimum Gasteiger partial charge on any atom is -0.508 e. The number of benzene rings is 3. The first-order chi connectivity index (χ1) is 16.0. The van der Waals surface area contributed by atoms with Crippen molar-refractivity contribution in [2.24, 2.45) is 0 Å². The third-order valence-corrected chi connectivity index (χ3v) is 8.24. The van der Waals surface area contributed by atoms with Crippen molar-refractivity contribution in [3.05, 3.63) is 101 Å². The van der Waals surface area contributed by atoms with Gasteiger partial charge in [0.15, 0.2) is 0 Å². The van der Waals surface area contributed by atoms with Crippen LogP contribution in [0.4, 0.5) is 0 Å². The molecule has 6 nitrogen and oxygen atoms in total. The number of fused-ring (bicyclic) bond motifs is 5. The molecule has 6 rings (SSSR count). The minimum absolute atomic E-state index is 0.117. The summed E-state index contributed by atoms with van der Waals surface area (Å²) in [6.07, 6.45) is 0. The van der Waals surface area contributed by atoms with Crippen molar-refractivity contribution < 1.29 is 24.6 Å². The Morgan fingerprint density at radius 2 is 1.03 bits per heavy atom. The Balaban J connectivity index is 1.63.